The molecule has 2 heterocycles. The molecule has 0 saturated carbocycles. The predicted molar refractivity (Wildman–Crippen MR) is 112 cm³/mol. The van der Waals surface area contributed by atoms with Gasteiger partial charge in [0.25, 0.3) is 5.91 Å². The zero-order chi connectivity index (χ0) is 20.9. The third kappa shape index (κ3) is 4.04. The maximum Gasteiger partial charge on any atom is 0.329 e. The normalized spacial score (nSPS) is 15.9. The molecule has 2 aromatic carbocycles. The summed E-state index contributed by atoms with van der Waals surface area (Å²) in [4.78, 5) is 46.7. The van der Waals surface area contributed by atoms with Crippen molar-refractivity contribution < 1.29 is 14.4 Å². The fourth-order valence-electron chi connectivity index (χ4n) is 3.33. The van der Waals surface area contributed by atoms with E-state index in [0.717, 1.165) is 15.7 Å². The number of rotatable bonds is 7. The number of urea groups is 1. The molecule has 1 aliphatic rings. The molecule has 0 unspecified atom stereocenters. The summed E-state index contributed by atoms with van der Waals surface area (Å²) in [7, 11) is 0. The molecule has 9 nitrogen and oxygen atoms in total. The number of hydrogen-bond donors (Lipinski definition) is 3. The third-order valence-corrected chi connectivity index (χ3v) is 4.71. The first-order valence-electron chi connectivity index (χ1n) is 9.53. The number of benzene rings is 2. The number of carbonyl (C=O) groups excluding carboxylic acids is 3. The standard InChI is InChI=1S/C21H20N6O3/c28-18(22-11-12-25-20-23-9-4-10-24-20)13-16-19(29)27(21(30)26-16)17-8-3-6-14-5-1-2-7-15(14)17/h1-10,16H,11-13H2,(H,22,28)(H,26,30)(H,23,24,25)/t16-/m0/s1. The van der Waals surface area contributed by atoms with Gasteiger partial charge in [-0.25, -0.2) is 19.7 Å². The Kier molecular flexibility index (Phi) is 5.51. The molecule has 1 saturated heterocycles. The van der Waals surface area contributed by atoms with Gasteiger partial charge in [0.1, 0.15) is 6.04 Å². The van der Waals surface area contributed by atoms with E-state index in [1.165, 1.54) is 0 Å². The number of fused-ring (bicyclic) bond motifs is 1. The van der Waals surface area contributed by atoms with Crippen LogP contribution < -0.4 is 20.9 Å². The molecular formula is C21H20N6O3. The smallest absolute Gasteiger partial charge is 0.329 e. The third-order valence-electron chi connectivity index (χ3n) is 4.71. The first-order valence-corrected chi connectivity index (χ1v) is 9.53. The molecule has 1 aromatic heterocycles. The van der Waals surface area contributed by atoms with Crippen molar-refractivity contribution in [2.75, 3.05) is 23.3 Å². The van der Waals surface area contributed by atoms with E-state index in [4.69, 9.17) is 0 Å². The van der Waals surface area contributed by atoms with Gasteiger partial charge in [0.05, 0.1) is 12.1 Å². The molecular weight excluding hydrogens is 384 g/mol. The van der Waals surface area contributed by atoms with Gasteiger partial charge in [-0.15, -0.1) is 0 Å². The maximum atomic E-state index is 12.8. The topological polar surface area (TPSA) is 116 Å². The monoisotopic (exact) mass is 404 g/mol. The highest BCUT2D eigenvalue weighted by atomic mass is 16.2. The summed E-state index contributed by atoms with van der Waals surface area (Å²) < 4.78 is 0. The Hall–Kier alpha value is -4.01. The van der Waals surface area contributed by atoms with Crippen molar-refractivity contribution in [1.29, 1.82) is 0 Å². The quantitative estimate of drug-likeness (QED) is 0.407. The number of nitrogens with zero attached hydrogens (tertiary/aromatic N) is 3. The Morgan fingerprint density at radius 3 is 2.60 bits per heavy atom. The van der Waals surface area contributed by atoms with Gasteiger partial charge in [0.2, 0.25) is 11.9 Å². The molecule has 0 aliphatic carbocycles. The van der Waals surface area contributed by atoms with Gasteiger partial charge < -0.3 is 16.0 Å². The van der Waals surface area contributed by atoms with Gasteiger partial charge in [-0.3, -0.25) is 9.59 Å². The minimum atomic E-state index is -0.901. The summed E-state index contributed by atoms with van der Waals surface area (Å²) in [6.45, 7) is 0.766. The molecule has 4 rings (SSSR count). The highest BCUT2D eigenvalue weighted by Gasteiger charge is 2.40. The Bertz CT molecular complexity index is 1080. The van der Waals surface area contributed by atoms with Crippen molar-refractivity contribution in [2.45, 2.75) is 12.5 Å². The van der Waals surface area contributed by atoms with E-state index in [1.54, 1.807) is 30.6 Å². The second kappa shape index (κ2) is 8.56. The summed E-state index contributed by atoms with van der Waals surface area (Å²) in [5.41, 5.74) is 0.505. The summed E-state index contributed by atoms with van der Waals surface area (Å²) in [5, 5.41) is 10.0. The van der Waals surface area contributed by atoms with Crippen molar-refractivity contribution in [3.05, 3.63) is 60.9 Å². The van der Waals surface area contributed by atoms with Crippen molar-refractivity contribution in [3.63, 3.8) is 0 Å². The Labute approximate surface area is 172 Å². The van der Waals surface area contributed by atoms with Crippen LogP contribution >= 0.6 is 0 Å². The fraction of sp³-hybridized carbons (Fsp3) is 0.190. The lowest BCUT2D eigenvalue weighted by molar-refractivity contribution is -0.125. The molecule has 0 radical (unpaired) electrons. The van der Waals surface area contributed by atoms with Crippen LogP contribution in [0.15, 0.2) is 60.9 Å². The van der Waals surface area contributed by atoms with Gasteiger partial charge in [0, 0.05) is 30.9 Å². The number of anilines is 2. The maximum absolute atomic E-state index is 12.8. The van der Waals surface area contributed by atoms with Gasteiger partial charge >= 0.3 is 6.03 Å². The van der Waals surface area contributed by atoms with Crippen LogP contribution in [0.2, 0.25) is 0 Å². The highest BCUT2D eigenvalue weighted by molar-refractivity contribution is 6.24. The van der Waals surface area contributed by atoms with E-state index in [1.807, 2.05) is 30.3 Å². The predicted octanol–water partition coefficient (Wildman–Crippen LogP) is 1.67. The molecule has 1 fully saturated rings. The molecule has 3 N–H and O–H groups in total. The summed E-state index contributed by atoms with van der Waals surface area (Å²) >= 11 is 0. The first-order chi connectivity index (χ1) is 14.6. The molecule has 0 bridgehead atoms. The molecule has 4 amide bonds. The fourth-order valence-corrected chi connectivity index (χ4v) is 3.33. The van der Waals surface area contributed by atoms with Crippen molar-refractivity contribution in [3.8, 4) is 0 Å². The minimum Gasteiger partial charge on any atom is -0.354 e. The summed E-state index contributed by atoms with van der Waals surface area (Å²) in [5.74, 6) is -0.303. The molecule has 152 valence electrons. The SMILES string of the molecule is O=C(C[C@@H]1NC(=O)N(c2cccc3ccccc23)C1=O)NCCNc1ncccn1. The van der Waals surface area contributed by atoms with Crippen LogP contribution in [0.4, 0.5) is 16.4 Å². The summed E-state index contributed by atoms with van der Waals surface area (Å²) in [6.07, 6.45) is 3.10. The Morgan fingerprint density at radius 2 is 1.77 bits per heavy atom. The van der Waals surface area contributed by atoms with E-state index < -0.39 is 18.0 Å². The van der Waals surface area contributed by atoms with E-state index in [0.29, 0.717) is 24.7 Å². The second-order valence-electron chi connectivity index (χ2n) is 6.73. The van der Waals surface area contributed by atoms with E-state index in [2.05, 4.69) is 25.9 Å². The largest absolute Gasteiger partial charge is 0.354 e. The highest BCUT2D eigenvalue weighted by Crippen LogP contribution is 2.29. The van der Waals surface area contributed by atoms with Crippen LogP contribution in [0.5, 0.6) is 0 Å². The van der Waals surface area contributed by atoms with Crippen molar-refractivity contribution >= 4 is 40.3 Å². The van der Waals surface area contributed by atoms with E-state index in [-0.39, 0.29) is 12.3 Å². The number of imide groups is 1. The van der Waals surface area contributed by atoms with Gasteiger partial charge in [0.15, 0.2) is 0 Å². The lowest BCUT2D eigenvalue weighted by Gasteiger charge is -2.15. The van der Waals surface area contributed by atoms with Gasteiger partial charge in [-0.05, 0) is 17.5 Å². The molecule has 1 atom stereocenters. The first kappa shape index (κ1) is 19.3. The second-order valence-corrected chi connectivity index (χ2v) is 6.73. The van der Waals surface area contributed by atoms with Gasteiger partial charge in [-0.1, -0.05) is 36.4 Å². The average molecular weight is 404 g/mol. The van der Waals surface area contributed by atoms with Crippen LogP contribution in [-0.2, 0) is 9.59 Å². The molecule has 3 aromatic rings. The van der Waals surface area contributed by atoms with Gasteiger partial charge in [-0.2, -0.15) is 0 Å². The van der Waals surface area contributed by atoms with Crippen LogP contribution in [0.3, 0.4) is 0 Å². The number of carbonyl (C=O) groups is 3. The molecule has 1 aliphatic heterocycles. The number of aromatic nitrogens is 2. The molecule has 0 spiro atoms. The van der Waals surface area contributed by atoms with Crippen molar-refractivity contribution in [1.82, 2.24) is 20.6 Å². The number of amides is 4. The Morgan fingerprint density at radius 1 is 1.00 bits per heavy atom. The lowest BCUT2D eigenvalue weighted by Crippen LogP contribution is -2.38. The lowest BCUT2D eigenvalue weighted by atomic mass is 10.1. The Balaban J connectivity index is 1.35. The zero-order valence-electron chi connectivity index (χ0n) is 16.0. The van der Waals surface area contributed by atoms with Crippen LogP contribution in [0.25, 0.3) is 10.8 Å². The summed E-state index contributed by atoms with van der Waals surface area (Å²) in [6, 6.07) is 13.2. The zero-order valence-corrected chi connectivity index (χ0v) is 16.0. The van der Waals surface area contributed by atoms with Crippen LogP contribution in [0, 0.1) is 0 Å². The van der Waals surface area contributed by atoms with E-state index in [9.17, 15) is 14.4 Å². The molecule has 30 heavy (non-hydrogen) atoms. The average Bonchev–Trinajstić information content (AvgIpc) is 3.04. The number of nitrogens with one attached hydrogen (secondary N) is 3. The van der Waals surface area contributed by atoms with Crippen molar-refractivity contribution in [2.24, 2.45) is 0 Å². The van der Waals surface area contributed by atoms with Crippen LogP contribution in [0.1, 0.15) is 6.42 Å². The van der Waals surface area contributed by atoms with Crippen LogP contribution in [-0.4, -0.2) is 46.9 Å². The number of hydrogen-bond acceptors (Lipinski definition) is 6. The minimum absolute atomic E-state index is 0.131. The van der Waals surface area contributed by atoms with E-state index >= 15 is 0 Å². The molecule has 9 heteroatoms.